The molecule has 27 heavy (non-hydrogen) atoms. The van der Waals surface area contributed by atoms with Crippen molar-refractivity contribution >= 4 is 17.3 Å². The van der Waals surface area contributed by atoms with E-state index in [0.717, 1.165) is 24.9 Å². The van der Waals surface area contributed by atoms with Crippen LogP contribution in [-0.2, 0) is 4.79 Å². The van der Waals surface area contributed by atoms with Crippen molar-refractivity contribution in [1.29, 1.82) is 0 Å². The number of carboxylic acid groups (broad SMARTS) is 1. The van der Waals surface area contributed by atoms with Crippen LogP contribution < -0.4 is 9.47 Å². The number of pyridine rings is 1. The Kier molecular flexibility index (Phi) is 8.76. The zero-order valence-corrected chi connectivity index (χ0v) is 15.5. The van der Waals surface area contributed by atoms with E-state index in [2.05, 4.69) is 15.2 Å². The zero-order valence-electron chi connectivity index (χ0n) is 15.5. The molecule has 144 valence electrons. The van der Waals surface area contributed by atoms with E-state index in [9.17, 15) is 4.79 Å². The van der Waals surface area contributed by atoms with Gasteiger partial charge < -0.3 is 14.6 Å². The first kappa shape index (κ1) is 20.4. The Morgan fingerprint density at radius 2 is 1.70 bits per heavy atom. The van der Waals surface area contributed by atoms with E-state index in [1.54, 1.807) is 30.6 Å². The first-order valence-corrected chi connectivity index (χ1v) is 9.12. The summed E-state index contributed by atoms with van der Waals surface area (Å²) in [6.07, 6.45) is 6.96. The molecule has 7 nitrogen and oxygen atoms in total. The second-order valence-electron chi connectivity index (χ2n) is 5.88. The predicted molar refractivity (Wildman–Crippen MR) is 102 cm³/mol. The van der Waals surface area contributed by atoms with Crippen molar-refractivity contribution in [2.75, 3.05) is 13.2 Å². The van der Waals surface area contributed by atoms with Crippen LogP contribution in [0.5, 0.6) is 11.5 Å². The van der Waals surface area contributed by atoms with Gasteiger partial charge in [-0.1, -0.05) is 12.8 Å². The van der Waals surface area contributed by atoms with E-state index in [0.29, 0.717) is 36.8 Å². The summed E-state index contributed by atoms with van der Waals surface area (Å²) in [4.78, 5) is 14.4. The first-order chi connectivity index (χ1) is 13.2. The molecule has 0 aliphatic heterocycles. The normalized spacial score (nSPS) is 10.9. The van der Waals surface area contributed by atoms with Crippen molar-refractivity contribution in [2.24, 2.45) is 10.2 Å². The number of nitrogens with zero attached hydrogens (tertiary/aromatic N) is 3. The van der Waals surface area contributed by atoms with Gasteiger partial charge in [-0.25, -0.2) is 0 Å². The largest absolute Gasteiger partial charge is 0.490 e. The number of ether oxygens (including phenoxy) is 2. The van der Waals surface area contributed by atoms with E-state index in [1.807, 2.05) is 19.1 Å². The molecule has 1 aromatic heterocycles. The molecular formula is C20H25N3O4. The Balaban J connectivity index is 1.87. The van der Waals surface area contributed by atoms with Gasteiger partial charge in [-0.3, -0.25) is 9.78 Å². The minimum atomic E-state index is -0.742. The molecule has 0 radical (unpaired) electrons. The monoisotopic (exact) mass is 371 g/mol. The molecule has 0 aliphatic carbocycles. The molecule has 1 heterocycles. The lowest BCUT2D eigenvalue weighted by molar-refractivity contribution is -0.137. The average molecular weight is 371 g/mol. The molecule has 1 N–H and O–H groups in total. The Morgan fingerprint density at radius 1 is 0.963 bits per heavy atom. The molecule has 0 aliphatic rings. The second kappa shape index (κ2) is 11.6. The van der Waals surface area contributed by atoms with Gasteiger partial charge in [0.15, 0.2) is 11.5 Å². The topological polar surface area (TPSA) is 93.4 Å². The van der Waals surface area contributed by atoms with Gasteiger partial charge >= 0.3 is 5.97 Å². The van der Waals surface area contributed by atoms with E-state index in [4.69, 9.17) is 14.6 Å². The highest BCUT2D eigenvalue weighted by Crippen LogP contribution is 2.32. The van der Waals surface area contributed by atoms with Crippen LogP contribution in [0.25, 0.3) is 0 Å². The molecular weight excluding hydrogens is 346 g/mol. The maximum absolute atomic E-state index is 10.5. The van der Waals surface area contributed by atoms with Crippen molar-refractivity contribution in [3.63, 3.8) is 0 Å². The van der Waals surface area contributed by atoms with Crippen LogP contribution >= 0.6 is 0 Å². The second-order valence-corrected chi connectivity index (χ2v) is 5.88. The Morgan fingerprint density at radius 3 is 2.44 bits per heavy atom. The van der Waals surface area contributed by atoms with Gasteiger partial charge in [0.2, 0.25) is 0 Å². The lowest BCUT2D eigenvalue weighted by atomic mass is 10.1. The quantitative estimate of drug-likeness (QED) is 0.403. The van der Waals surface area contributed by atoms with Crippen molar-refractivity contribution < 1.29 is 19.4 Å². The Bertz CT molecular complexity index is 735. The summed E-state index contributed by atoms with van der Waals surface area (Å²) in [6.45, 7) is 3.00. The van der Waals surface area contributed by atoms with Crippen molar-refractivity contribution in [1.82, 2.24) is 4.98 Å². The van der Waals surface area contributed by atoms with Crippen LogP contribution in [-0.4, -0.2) is 29.3 Å². The van der Waals surface area contributed by atoms with Crippen LogP contribution in [0.2, 0.25) is 0 Å². The van der Waals surface area contributed by atoms with Crippen molar-refractivity contribution in [2.45, 2.75) is 39.0 Å². The van der Waals surface area contributed by atoms with Crippen molar-refractivity contribution in [3.8, 4) is 11.5 Å². The maximum Gasteiger partial charge on any atom is 0.303 e. The number of hydrogen-bond acceptors (Lipinski definition) is 6. The third-order valence-electron chi connectivity index (χ3n) is 3.71. The molecule has 0 atom stereocenters. The number of rotatable bonds is 12. The molecule has 0 unspecified atom stereocenters. The fraction of sp³-hybridized carbons (Fsp3) is 0.400. The standard InChI is InChI=1S/C20H25N3O4/c1-2-26-19-15-17(23-22-16-10-12-21-13-11-16)8-9-18(19)27-14-6-4-3-5-7-20(24)25/h8-13,15H,2-7,14H2,1H3,(H,24,25). The molecule has 2 aromatic rings. The van der Waals surface area contributed by atoms with Crippen LogP contribution in [0, 0.1) is 0 Å². The zero-order chi connectivity index (χ0) is 19.3. The fourth-order valence-electron chi connectivity index (χ4n) is 2.39. The van der Waals surface area contributed by atoms with E-state index < -0.39 is 5.97 Å². The third-order valence-corrected chi connectivity index (χ3v) is 3.71. The molecule has 0 fully saturated rings. The first-order valence-electron chi connectivity index (χ1n) is 9.12. The highest BCUT2D eigenvalue weighted by atomic mass is 16.5. The SMILES string of the molecule is CCOc1cc(N=Nc2ccncc2)ccc1OCCCCCCC(=O)O. The van der Waals surface area contributed by atoms with Gasteiger partial charge in [0, 0.05) is 24.9 Å². The van der Waals surface area contributed by atoms with Crippen LogP contribution in [0.4, 0.5) is 11.4 Å². The average Bonchev–Trinajstić information content (AvgIpc) is 2.67. The molecule has 0 spiro atoms. The lowest BCUT2D eigenvalue weighted by Crippen LogP contribution is -2.01. The summed E-state index contributed by atoms with van der Waals surface area (Å²) in [7, 11) is 0. The lowest BCUT2D eigenvalue weighted by Gasteiger charge is -2.12. The number of hydrogen-bond donors (Lipinski definition) is 1. The Hall–Kier alpha value is -2.96. The maximum atomic E-state index is 10.5. The third kappa shape index (κ3) is 7.85. The summed E-state index contributed by atoms with van der Waals surface area (Å²) in [6, 6.07) is 9.02. The minimum absolute atomic E-state index is 0.227. The van der Waals surface area contributed by atoms with Gasteiger partial charge in [0.25, 0.3) is 0 Å². The molecule has 1 aromatic carbocycles. The summed E-state index contributed by atoms with van der Waals surface area (Å²) in [5, 5.41) is 17.0. The predicted octanol–water partition coefficient (Wildman–Crippen LogP) is 5.31. The number of carbonyl (C=O) groups is 1. The molecule has 0 amide bonds. The number of benzene rings is 1. The molecule has 7 heteroatoms. The highest BCUT2D eigenvalue weighted by molar-refractivity contribution is 5.66. The summed E-state index contributed by atoms with van der Waals surface area (Å²) in [5.74, 6) is 0.563. The molecule has 0 saturated heterocycles. The van der Waals surface area contributed by atoms with Gasteiger partial charge in [-0.15, -0.1) is 0 Å². The number of azo groups is 1. The molecule has 2 rings (SSSR count). The van der Waals surface area contributed by atoms with Crippen molar-refractivity contribution in [3.05, 3.63) is 42.7 Å². The number of unbranched alkanes of at least 4 members (excludes halogenated alkanes) is 3. The van der Waals surface area contributed by atoms with E-state index in [-0.39, 0.29) is 6.42 Å². The van der Waals surface area contributed by atoms with Gasteiger partial charge in [0.1, 0.15) is 0 Å². The van der Waals surface area contributed by atoms with Gasteiger partial charge in [-0.05, 0) is 44.0 Å². The van der Waals surface area contributed by atoms with Crippen LogP contribution in [0.3, 0.4) is 0 Å². The van der Waals surface area contributed by atoms with E-state index in [1.165, 1.54) is 0 Å². The summed E-state index contributed by atoms with van der Waals surface area (Å²) >= 11 is 0. The summed E-state index contributed by atoms with van der Waals surface area (Å²) in [5.41, 5.74) is 1.41. The van der Waals surface area contributed by atoms with Crippen LogP contribution in [0.1, 0.15) is 39.0 Å². The van der Waals surface area contributed by atoms with Gasteiger partial charge in [-0.2, -0.15) is 10.2 Å². The smallest absolute Gasteiger partial charge is 0.303 e. The highest BCUT2D eigenvalue weighted by Gasteiger charge is 2.07. The minimum Gasteiger partial charge on any atom is -0.490 e. The van der Waals surface area contributed by atoms with Crippen LogP contribution in [0.15, 0.2) is 53.0 Å². The van der Waals surface area contributed by atoms with E-state index >= 15 is 0 Å². The number of aromatic nitrogens is 1. The summed E-state index contributed by atoms with van der Waals surface area (Å²) < 4.78 is 11.5. The van der Waals surface area contributed by atoms with Gasteiger partial charge in [0.05, 0.1) is 24.6 Å². The fourth-order valence-corrected chi connectivity index (χ4v) is 2.39. The Labute approximate surface area is 159 Å². The molecule has 0 bridgehead atoms. The number of aliphatic carboxylic acids is 1. The number of carboxylic acids is 1. The molecule has 0 saturated carbocycles.